The molecule has 3 rings (SSSR count). The summed E-state index contributed by atoms with van der Waals surface area (Å²) in [5, 5.41) is 1.76. The van der Waals surface area contributed by atoms with Crippen molar-refractivity contribution in [1.29, 1.82) is 0 Å². The van der Waals surface area contributed by atoms with Crippen LogP contribution in [0.2, 0.25) is 0 Å². The van der Waals surface area contributed by atoms with Crippen LogP contribution in [-0.4, -0.2) is 10.7 Å². The Morgan fingerprint density at radius 1 is 1.19 bits per heavy atom. The lowest BCUT2D eigenvalue weighted by Crippen LogP contribution is -2.21. The first-order chi connectivity index (χ1) is 12.9. The predicted octanol–water partition coefficient (Wildman–Crippen LogP) is 3.32. The fourth-order valence-corrected chi connectivity index (χ4v) is 3.45. The molecular weight excluding hydrogens is 365 g/mol. The van der Waals surface area contributed by atoms with Gasteiger partial charge in [0.05, 0.1) is 22.8 Å². The first-order valence-corrected chi connectivity index (χ1v) is 8.58. The number of hydrogen-bond donors (Lipinski definition) is 0. The van der Waals surface area contributed by atoms with E-state index < -0.39 is 11.8 Å². The van der Waals surface area contributed by atoms with Crippen LogP contribution in [0.3, 0.4) is 0 Å². The molecule has 0 aliphatic heterocycles. The fraction of sp³-hybridized carbons (Fsp3) is 0.0476. The van der Waals surface area contributed by atoms with E-state index in [1.54, 1.807) is 11.4 Å². The Balaban J connectivity index is 2.32. The number of rotatable bonds is 3. The minimum atomic E-state index is -0.581. The zero-order valence-corrected chi connectivity index (χ0v) is 15.0. The van der Waals surface area contributed by atoms with Gasteiger partial charge in [-0.05, 0) is 35.2 Å². The number of thiophene rings is 1. The standard InChI is InChI=1S/C21H12FNO3S/c1-4-14-8-16(10-17(22)9-14)18-11-23(26-13(3)24)12-19(20(18)25)21-15(5-2)6-7-27-21/h1-2,6-12H,3H3. The van der Waals surface area contributed by atoms with Gasteiger partial charge in [0.1, 0.15) is 5.82 Å². The molecule has 0 spiro atoms. The van der Waals surface area contributed by atoms with Crippen LogP contribution in [0.25, 0.3) is 21.6 Å². The summed E-state index contributed by atoms with van der Waals surface area (Å²) in [4.78, 5) is 30.1. The Morgan fingerprint density at radius 2 is 1.93 bits per heavy atom. The smallest absolute Gasteiger partial charge is 0.329 e. The van der Waals surface area contributed by atoms with Crippen molar-refractivity contribution in [2.24, 2.45) is 0 Å². The summed E-state index contributed by atoms with van der Waals surface area (Å²) in [5.41, 5.74) is 1.08. The van der Waals surface area contributed by atoms with E-state index in [1.165, 1.54) is 48.9 Å². The number of hydrogen-bond acceptors (Lipinski definition) is 4. The molecule has 0 bridgehead atoms. The second-order valence-electron chi connectivity index (χ2n) is 5.54. The lowest BCUT2D eigenvalue weighted by atomic mass is 10.0. The summed E-state index contributed by atoms with van der Waals surface area (Å²) >= 11 is 1.28. The van der Waals surface area contributed by atoms with Gasteiger partial charge in [-0.25, -0.2) is 9.18 Å². The molecule has 0 aliphatic rings. The van der Waals surface area contributed by atoms with Crippen LogP contribution in [0.4, 0.5) is 4.39 Å². The van der Waals surface area contributed by atoms with Gasteiger partial charge in [0.15, 0.2) is 5.43 Å². The summed E-state index contributed by atoms with van der Waals surface area (Å²) in [5.74, 6) is 3.70. The molecule has 132 valence electrons. The average molecular weight is 377 g/mol. The van der Waals surface area contributed by atoms with Crippen molar-refractivity contribution >= 4 is 17.3 Å². The lowest BCUT2D eigenvalue weighted by molar-refractivity contribution is -0.141. The molecule has 3 aromatic rings. The highest BCUT2D eigenvalue weighted by molar-refractivity contribution is 7.13. The van der Waals surface area contributed by atoms with Gasteiger partial charge >= 0.3 is 5.97 Å². The quantitative estimate of drug-likeness (QED) is 0.658. The number of halogens is 1. The molecule has 0 fully saturated rings. The topological polar surface area (TPSA) is 48.3 Å². The molecule has 4 nitrogen and oxygen atoms in total. The number of aromatic nitrogens is 1. The molecule has 0 saturated heterocycles. The zero-order chi connectivity index (χ0) is 19.6. The van der Waals surface area contributed by atoms with Crippen LogP contribution in [-0.2, 0) is 4.79 Å². The lowest BCUT2D eigenvalue weighted by Gasteiger charge is -2.11. The minimum Gasteiger partial charge on any atom is -0.337 e. The minimum absolute atomic E-state index is 0.126. The zero-order valence-electron chi connectivity index (χ0n) is 14.2. The molecule has 0 saturated carbocycles. The Hall–Kier alpha value is -3.61. The number of benzene rings is 1. The van der Waals surface area contributed by atoms with Crippen molar-refractivity contribution in [3.05, 3.63) is 69.2 Å². The Kier molecular flexibility index (Phi) is 4.94. The fourth-order valence-electron chi connectivity index (χ4n) is 2.58. The molecule has 0 N–H and O–H groups in total. The summed E-state index contributed by atoms with van der Waals surface area (Å²) in [6, 6.07) is 5.60. The SMILES string of the molecule is C#Cc1cc(F)cc(-c2cn(OC(C)=O)cc(-c3sccc3C#C)c2=O)c1. The predicted molar refractivity (Wildman–Crippen MR) is 103 cm³/mol. The molecule has 2 aromatic heterocycles. The number of nitrogens with zero attached hydrogens (tertiary/aromatic N) is 1. The van der Waals surface area contributed by atoms with Crippen molar-refractivity contribution in [2.75, 3.05) is 0 Å². The molecule has 0 atom stereocenters. The first-order valence-electron chi connectivity index (χ1n) is 7.70. The van der Waals surface area contributed by atoms with E-state index in [9.17, 15) is 14.0 Å². The number of carbonyl (C=O) groups excluding carboxylic acids is 1. The van der Waals surface area contributed by atoms with E-state index in [2.05, 4.69) is 11.8 Å². The number of pyridine rings is 1. The van der Waals surface area contributed by atoms with Crippen LogP contribution in [0.15, 0.2) is 46.8 Å². The molecule has 0 unspecified atom stereocenters. The average Bonchev–Trinajstić information content (AvgIpc) is 3.10. The molecule has 1 aromatic carbocycles. The van der Waals surface area contributed by atoms with Crippen LogP contribution in [0.5, 0.6) is 0 Å². The van der Waals surface area contributed by atoms with Crippen molar-refractivity contribution in [1.82, 2.24) is 4.73 Å². The van der Waals surface area contributed by atoms with Crippen molar-refractivity contribution < 1.29 is 14.0 Å². The van der Waals surface area contributed by atoms with E-state index in [4.69, 9.17) is 17.7 Å². The molecule has 27 heavy (non-hydrogen) atoms. The van der Waals surface area contributed by atoms with Gasteiger partial charge in [0, 0.05) is 23.6 Å². The molecule has 0 amide bonds. The van der Waals surface area contributed by atoms with Crippen LogP contribution >= 0.6 is 11.3 Å². The second kappa shape index (κ2) is 7.33. The summed E-state index contributed by atoms with van der Waals surface area (Å²) in [7, 11) is 0. The third-order valence-corrected chi connectivity index (χ3v) is 4.62. The monoisotopic (exact) mass is 377 g/mol. The third kappa shape index (κ3) is 3.67. The van der Waals surface area contributed by atoms with Crippen molar-refractivity contribution in [2.45, 2.75) is 6.92 Å². The van der Waals surface area contributed by atoms with Crippen molar-refractivity contribution in [3.63, 3.8) is 0 Å². The second-order valence-corrected chi connectivity index (χ2v) is 6.45. The summed E-state index contributed by atoms with van der Waals surface area (Å²) in [6.07, 6.45) is 13.5. The molecule has 0 radical (unpaired) electrons. The normalized spacial score (nSPS) is 10.1. The third-order valence-electron chi connectivity index (χ3n) is 3.68. The highest BCUT2D eigenvalue weighted by Gasteiger charge is 2.17. The van der Waals surface area contributed by atoms with Gasteiger partial charge in [0.2, 0.25) is 0 Å². The molecule has 6 heteroatoms. The molecular formula is C21H12FNO3S. The Labute approximate surface area is 158 Å². The van der Waals surface area contributed by atoms with E-state index in [0.717, 1.165) is 4.73 Å². The number of terminal acetylenes is 2. The summed E-state index contributed by atoms with van der Waals surface area (Å²) in [6.45, 7) is 1.23. The van der Waals surface area contributed by atoms with Gasteiger partial charge in [-0.2, -0.15) is 4.73 Å². The highest BCUT2D eigenvalue weighted by atomic mass is 32.1. The van der Waals surface area contributed by atoms with Crippen LogP contribution in [0.1, 0.15) is 18.1 Å². The highest BCUT2D eigenvalue weighted by Crippen LogP contribution is 2.29. The first kappa shape index (κ1) is 18.2. The number of carbonyl (C=O) groups is 1. The summed E-state index contributed by atoms with van der Waals surface area (Å²) < 4.78 is 15.0. The van der Waals surface area contributed by atoms with Crippen LogP contribution in [0, 0.1) is 30.5 Å². The molecule has 2 heterocycles. The van der Waals surface area contributed by atoms with E-state index in [0.29, 0.717) is 10.4 Å². The largest absolute Gasteiger partial charge is 0.337 e. The van der Waals surface area contributed by atoms with E-state index >= 15 is 0 Å². The Morgan fingerprint density at radius 3 is 2.59 bits per heavy atom. The van der Waals surface area contributed by atoms with E-state index in [-0.39, 0.29) is 27.7 Å². The van der Waals surface area contributed by atoms with Crippen molar-refractivity contribution in [3.8, 4) is 46.3 Å². The maximum Gasteiger partial charge on any atom is 0.329 e. The van der Waals surface area contributed by atoms with Gasteiger partial charge in [-0.15, -0.1) is 24.2 Å². The Bertz CT molecular complexity index is 1190. The van der Waals surface area contributed by atoms with Crippen LogP contribution < -0.4 is 10.3 Å². The van der Waals surface area contributed by atoms with Gasteiger partial charge in [-0.1, -0.05) is 11.8 Å². The van der Waals surface area contributed by atoms with Gasteiger partial charge < -0.3 is 4.84 Å². The maximum absolute atomic E-state index is 13.9. The van der Waals surface area contributed by atoms with Gasteiger partial charge in [0.25, 0.3) is 0 Å². The van der Waals surface area contributed by atoms with Gasteiger partial charge in [-0.3, -0.25) is 4.79 Å². The van der Waals surface area contributed by atoms with E-state index in [1.807, 2.05) is 0 Å². The maximum atomic E-state index is 13.9. The molecule has 0 aliphatic carbocycles.